The van der Waals surface area contributed by atoms with Crippen molar-refractivity contribution in [1.82, 2.24) is 0 Å². The quantitative estimate of drug-likeness (QED) is 0.181. The number of benzene rings is 8. The van der Waals surface area contributed by atoms with E-state index >= 15 is 0 Å². The second-order valence-electron chi connectivity index (χ2n) is 13.2. The van der Waals surface area contributed by atoms with Crippen molar-refractivity contribution in [3.8, 4) is 22.3 Å². The summed E-state index contributed by atoms with van der Waals surface area (Å²) in [6.07, 6.45) is 0. The molecule has 0 fully saturated rings. The molecule has 0 saturated carbocycles. The number of rotatable bonds is 5. The van der Waals surface area contributed by atoms with E-state index in [1.54, 1.807) is 0 Å². The molecular formula is C48H29NO2S. The first-order valence-electron chi connectivity index (χ1n) is 17.5. The lowest BCUT2D eigenvalue weighted by Gasteiger charge is -2.30. The summed E-state index contributed by atoms with van der Waals surface area (Å²) in [5, 5.41) is 6.75. The minimum Gasteiger partial charge on any atom is -0.456 e. The third-order valence-electron chi connectivity index (χ3n) is 10.3. The Morgan fingerprint density at radius 1 is 0.365 bits per heavy atom. The molecule has 0 atom stereocenters. The third kappa shape index (κ3) is 4.31. The number of anilines is 3. The van der Waals surface area contributed by atoms with E-state index in [9.17, 15) is 0 Å². The van der Waals surface area contributed by atoms with Gasteiger partial charge in [0.2, 0.25) is 0 Å². The van der Waals surface area contributed by atoms with Gasteiger partial charge in [0, 0.05) is 36.5 Å². The fraction of sp³-hybridized carbons (Fsp3) is 0. The van der Waals surface area contributed by atoms with E-state index in [1.165, 1.54) is 31.3 Å². The monoisotopic (exact) mass is 683 g/mol. The number of para-hydroxylation sites is 2. The topological polar surface area (TPSA) is 29.5 Å². The van der Waals surface area contributed by atoms with Crippen molar-refractivity contribution in [2.45, 2.75) is 0 Å². The molecule has 0 spiro atoms. The predicted octanol–water partition coefficient (Wildman–Crippen LogP) is 14.7. The smallest absolute Gasteiger partial charge is 0.137 e. The fourth-order valence-electron chi connectivity index (χ4n) is 8.04. The van der Waals surface area contributed by atoms with Crippen LogP contribution in [0.25, 0.3) is 86.3 Å². The van der Waals surface area contributed by atoms with Gasteiger partial charge in [-0.25, -0.2) is 0 Å². The maximum absolute atomic E-state index is 6.63. The van der Waals surface area contributed by atoms with Crippen molar-refractivity contribution in [2.75, 3.05) is 4.90 Å². The molecule has 0 radical (unpaired) electrons. The molecule has 0 saturated heterocycles. The van der Waals surface area contributed by atoms with Crippen LogP contribution in [0.15, 0.2) is 185 Å². The first-order valence-corrected chi connectivity index (χ1v) is 18.3. The summed E-state index contributed by atoms with van der Waals surface area (Å²) >= 11 is 1.86. The lowest BCUT2D eigenvalue weighted by atomic mass is 9.95. The van der Waals surface area contributed by atoms with Crippen molar-refractivity contribution in [3.05, 3.63) is 176 Å². The van der Waals surface area contributed by atoms with Gasteiger partial charge >= 0.3 is 0 Å². The molecule has 11 aromatic rings. The van der Waals surface area contributed by atoms with E-state index in [4.69, 9.17) is 8.83 Å². The van der Waals surface area contributed by atoms with Gasteiger partial charge in [0.15, 0.2) is 0 Å². The Balaban J connectivity index is 1.36. The first-order chi connectivity index (χ1) is 25.8. The van der Waals surface area contributed by atoms with Gasteiger partial charge in [-0.15, -0.1) is 11.3 Å². The average molecular weight is 684 g/mol. The minimum absolute atomic E-state index is 0.845. The maximum atomic E-state index is 6.63. The average Bonchev–Trinajstić information content (AvgIpc) is 3.91. The van der Waals surface area contributed by atoms with Gasteiger partial charge in [-0.05, 0) is 65.2 Å². The number of furan rings is 2. The minimum atomic E-state index is 0.845. The SMILES string of the molecule is c1ccc(-c2ccc3oc4ccccc4c3c2N(c2cccc3oc4ccccc4c23)c2ccc(-c3ccccc3)c3sc4ccccc4c23)cc1. The Labute approximate surface area is 303 Å². The molecule has 244 valence electrons. The van der Waals surface area contributed by atoms with Crippen molar-refractivity contribution in [3.63, 3.8) is 0 Å². The summed E-state index contributed by atoms with van der Waals surface area (Å²) in [4.78, 5) is 2.49. The van der Waals surface area contributed by atoms with Gasteiger partial charge in [0.05, 0.1) is 27.8 Å². The molecule has 52 heavy (non-hydrogen) atoms. The molecule has 4 heteroatoms. The standard InChI is InChI=1S/C48H29NO2S/c1-3-14-30(15-4-1)32-27-29-42-46(35-19-8-11-23-40(35)51-42)47(32)49(37-21-13-24-41-44(37)34-18-7-10-22-39(34)50-41)38-28-26-33(31-16-5-2-6-17-31)48-45(38)36-20-9-12-25-43(36)52-48/h1-29H. The molecule has 0 unspecified atom stereocenters. The maximum Gasteiger partial charge on any atom is 0.137 e. The molecule has 3 aromatic heterocycles. The number of fused-ring (bicyclic) bond motifs is 9. The summed E-state index contributed by atoms with van der Waals surface area (Å²) in [6, 6.07) is 62.4. The third-order valence-corrected chi connectivity index (χ3v) is 11.5. The van der Waals surface area contributed by atoms with Gasteiger partial charge in [0.25, 0.3) is 0 Å². The first kappa shape index (κ1) is 29.1. The summed E-state index contributed by atoms with van der Waals surface area (Å²) in [6.45, 7) is 0. The highest BCUT2D eigenvalue weighted by Crippen LogP contribution is 2.54. The second kappa shape index (κ2) is 11.5. The van der Waals surface area contributed by atoms with Crippen LogP contribution in [0, 0.1) is 0 Å². The van der Waals surface area contributed by atoms with E-state index in [0.29, 0.717) is 0 Å². The zero-order valence-corrected chi connectivity index (χ0v) is 28.7. The molecule has 0 bridgehead atoms. The Morgan fingerprint density at radius 2 is 0.904 bits per heavy atom. The van der Waals surface area contributed by atoms with Gasteiger partial charge in [-0.3, -0.25) is 0 Å². The molecular weight excluding hydrogens is 655 g/mol. The van der Waals surface area contributed by atoms with Crippen molar-refractivity contribution in [1.29, 1.82) is 0 Å². The van der Waals surface area contributed by atoms with Crippen LogP contribution in [0.1, 0.15) is 0 Å². The second-order valence-corrected chi connectivity index (χ2v) is 14.2. The Morgan fingerprint density at radius 3 is 1.63 bits per heavy atom. The van der Waals surface area contributed by atoms with Crippen molar-refractivity contribution in [2.24, 2.45) is 0 Å². The van der Waals surface area contributed by atoms with E-state index < -0.39 is 0 Å². The molecule has 0 aliphatic rings. The van der Waals surface area contributed by atoms with Gasteiger partial charge < -0.3 is 13.7 Å². The van der Waals surface area contributed by atoms with Crippen LogP contribution in [-0.4, -0.2) is 0 Å². The van der Waals surface area contributed by atoms with Crippen LogP contribution in [0.5, 0.6) is 0 Å². The van der Waals surface area contributed by atoms with Crippen LogP contribution in [0.2, 0.25) is 0 Å². The van der Waals surface area contributed by atoms with E-state index in [-0.39, 0.29) is 0 Å². The Hall–Kier alpha value is -6.62. The molecule has 8 aromatic carbocycles. The highest BCUT2D eigenvalue weighted by Gasteiger charge is 2.29. The van der Waals surface area contributed by atoms with Crippen LogP contribution in [0.3, 0.4) is 0 Å². The summed E-state index contributed by atoms with van der Waals surface area (Å²) in [5.74, 6) is 0. The zero-order valence-electron chi connectivity index (χ0n) is 27.9. The molecule has 0 amide bonds. The van der Waals surface area contributed by atoms with Gasteiger partial charge in [-0.1, -0.05) is 127 Å². The Bertz CT molecular complexity index is 3130. The van der Waals surface area contributed by atoms with Crippen LogP contribution in [0.4, 0.5) is 17.1 Å². The number of hydrogen-bond acceptors (Lipinski definition) is 4. The largest absolute Gasteiger partial charge is 0.456 e. The number of nitrogens with zero attached hydrogens (tertiary/aromatic N) is 1. The molecule has 3 heterocycles. The number of hydrogen-bond donors (Lipinski definition) is 0. The lowest BCUT2D eigenvalue weighted by Crippen LogP contribution is -2.12. The van der Waals surface area contributed by atoms with E-state index in [2.05, 4.69) is 169 Å². The Kier molecular flexibility index (Phi) is 6.42. The number of thiophene rings is 1. The highest BCUT2D eigenvalue weighted by atomic mass is 32.1. The van der Waals surface area contributed by atoms with E-state index in [0.717, 1.165) is 72.1 Å². The van der Waals surface area contributed by atoms with Crippen LogP contribution >= 0.6 is 11.3 Å². The molecule has 0 aliphatic heterocycles. The van der Waals surface area contributed by atoms with Crippen LogP contribution in [-0.2, 0) is 0 Å². The van der Waals surface area contributed by atoms with Crippen LogP contribution < -0.4 is 4.90 Å². The van der Waals surface area contributed by atoms with E-state index in [1.807, 2.05) is 23.5 Å². The van der Waals surface area contributed by atoms with Crippen molar-refractivity contribution >= 4 is 92.4 Å². The molecule has 11 rings (SSSR count). The van der Waals surface area contributed by atoms with Crippen molar-refractivity contribution < 1.29 is 8.83 Å². The van der Waals surface area contributed by atoms with Gasteiger partial charge in [0.1, 0.15) is 22.3 Å². The predicted molar refractivity (Wildman–Crippen MR) is 219 cm³/mol. The molecule has 0 aliphatic carbocycles. The summed E-state index contributed by atoms with van der Waals surface area (Å²) < 4.78 is 15.7. The lowest BCUT2D eigenvalue weighted by molar-refractivity contribution is 0.669. The molecule has 0 N–H and O–H groups in total. The highest BCUT2D eigenvalue weighted by molar-refractivity contribution is 7.26. The fourth-order valence-corrected chi connectivity index (χ4v) is 9.30. The summed E-state index contributed by atoms with van der Waals surface area (Å²) in [7, 11) is 0. The molecule has 3 nitrogen and oxygen atoms in total. The summed E-state index contributed by atoms with van der Waals surface area (Å²) in [5.41, 5.74) is 11.3. The van der Waals surface area contributed by atoms with Gasteiger partial charge in [-0.2, -0.15) is 0 Å². The normalized spacial score (nSPS) is 11.8. The zero-order chi connectivity index (χ0) is 34.2.